The second-order valence-corrected chi connectivity index (χ2v) is 8.53. The van der Waals surface area contributed by atoms with Gasteiger partial charge in [0.15, 0.2) is 10.9 Å². The quantitative estimate of drug-likeness (QED) is 0.343. The molecule has 1 unspecified atom stereocenters. The van der Waals surface area contributed by atoms with Gasteiger partial charge in [-0.2, -0.15) is 0 Å². The normalized spacial score (nSPS) is 12.8. The fraction of sp³-hybridized carbons (Fsp3) is 0.118. The molecule has 0 aliphatic heterocycles. The molecule has 0 fully saturated rings. The Hall–Kier alpha value is -1.70. The van der Waals surface area contributed by atoms with Crippen LogP contribution in [0, 0.1) is 0 Å². The third-order valence-corrected chi connectivity index (χ3v) is 6.27. The van der Waals surface area contributed by atoms with Crippen LogP contribution in [0.25, 0.3) is 15.2 Å². The smallest absolute Gasteiger partial charge is 0.217 e. The number of carbonyl (C=O) groups is 1. The van der Waals surface area contributed by atoms with Crippen molar-refractivity contribution < 1.29 is 4.79 Å². The number of aromatic nitrogens is 3. The molecule has 120 valence electrons. The first-order valence-electron chi connectivity index (χ1n) is 7.32. The van der Waals surface area contributed by atoms with Crippen LogP contribution in [-0.2, 0) is 0 Å². The van der Waals surface area contributed by atoms with Crippen molar-refractivity contribution in [3.63, 3.8) is 0 Å². The lowest BCUT2D eigenvalue weighted by Crippen LogP contribution is -2.13. The maximum atomic E-state index is 12.6. The highest BCUT2D eigenvalue weighted by Crippen LogP contribution is 2.31. The molecule has 4 aromatic rings. The van der Waals surface area contributed by atoms with Crippen LogP contribution in [0.3, 0.4) is 0 Å². The van der Waals surface area contributed by atoms with E-state index in [1.165, 1.54) is 11.8 Å². The van der Waals surface area contributed by atoms with Crippen LogP contribution in [-0.4, -0.2) is 25.6 Å². The van der Waals surface area contributed by atoms with Gasteiger partial charge < -0.3 is 0 Å². The lowest BCUT2D eigenvalue weighted by atomic mass is 10.1. The van der Waals surface area contributed by atoms with Gasteiger partial charge in [0.05, 0.1) is 15.5 Å². The van der Waals surface area contributed by atoms with Crippen molar-refractivity contribution in [1.82, 2.24) is 14.6 Å². The van der Waals surface area contributed by atoms with Gasteiger partial charge in [-0.05, 0) is 31.2 Å². The van der Waals surface area contributed by atoms with E-state index < -0.39 is 0 Å². The number of fused-ring (bicyclic) bond motifs is 3. The molecule has 7 heteroatoms. The Bertz CT molecular complexity index is 1040. The van der Waals surface area contributed by atoms with E-state index in [1.54, 1.807) is 11.3 Å². The molecule has 4 rings (SSSR count). The average Bonchev–Trinajstić information content (AvgIpc) is 3.14. The van der Waals surface area contributed by atoms with Crippen molar-refractivity contribution in [2.45, 2.75) is 17.3 Å². The zero-order valence-corrected chi connectivity index (χ0v) is 15.9. The largest absolute Gasteiger partial charge is 0.293 e. The van der Waals surface area contributed by atoms with Gasteiger partial charge in [-0.25, -0.2) is 0 Å². The number of hydrogen-bond donors (Lipinski definition) is 0. The van der Waals surface area contributed by atoms with Crippen LogP contribution >= 0.6 is 39.0 Å². The molecule has 0 bridgehead atoms. The highest BCUT2D eigenvalue weighted by molar-refractivity contribution is 9.10. The number of hydrogen-bond acceptors (Lipinski definition) is 5. The number of ketones is 1. The van der Waals surface area contributed by atoms with E-state index in [-0.39, 0.29) is 11.0 Å². The van der Waals surface area contributed by atoms with E-state index in [2.05, 4.69) is 32.2 Å². The van der Waals surface area contributed by atoms with E-state index in [1.807, 2.05) is 53.8 Å². The molecule has 0 saturated carbocycles. The first kappa shape index (κ1) is 15.8. The summed E-state index contributed by atoms with van der Waals surface area (Å²) in [7, 11) is 0. The molecule has 1 atom stereocenters. The van der Waals surface area contributed by atoms with Crippen LogP contribution in [0.1, 0.15) is 17.3 Å². The molecule has 0 spiro atoms. The standard InChI is InChI=1S/C17H12BrN3OS2/c1-10(15(22)11-6-8-12(18)9-7-11)23-16-19-20-17-21(16)13-4-2-3-5-14(13)24-17/h2-10H,1H3. The molecule has 0 saturated heterocycles. The predicted molar refractivity (Wildman–Crippen MR) is 102 cm³/mol. The number of rotatable bonds is 4. The molecule has 2 aromatic heterocycles. The summed E-state index contributed by atoms with van der Waals surface area (Å²) < 4.78 is 4.15. The number of halogens is 1. The molecule has 0 amide bonds. The van der Waals surface area contributed by atoms with E-state index >= 15 is 0 Å². The lowest BCUT2D eigenvalue weighted by molar-refractivity contribution is 0.0994. The van der Waals surface area contributed by atoms with Gasteiger partial charge in [0, 0.05) is 10.0 Å². The molecule has 0 N–H and O–H groups in total. The molecular weight excluding hydrogens is 406 g/mol. The highest BCUT2D eigenvalue weighted by Gasteiger charge is 2.21. The lowest BCUT2D eigenvalue weighted by Gasteiger charge is -2.09. The van der Waals surface area contributed by atoms with Crippen molar-refractivity contribution in [3.8, 4) is 0 Å². The Balaban J connectivity index is 1.66. The highest BCUT2D eigenvalue weighted by atomic mass is 79.9. The van der Waals surface area contributed by atoms with Crippen LogP contribution in [0.4, 0.5) is 0 Å². The van der Waals surface area contributed by atoms with Gasteiger partial charge in [0.2, 0.25) is 4.96 Å². The second kappa shape index (κ2) is 6.31. The summed E-state index contributed by atoms with van der Waals surface area (Å²) >= 11 is 6.43. The first-order valence-corrected chi connectivity index (χ1v) is 9.81. The molecule has 4 nitrogen and oxygen atoms in total. The third kappa shape index (κ3) is 2.76. The van der Waals surface area contributed by atoms with Crippen LogP contribution < -0.4 is 0 Å². The Morgan fingerprint density at radius 1 is 1.17 bits per heavy atom. The molecule has 0 aliphatic carbocycles. The van der Waals surface area contributed by atoms with Crippen LogP contribution in [0.15, 0.2) is 58.2 Å². The summed E-state index contributed by atoms with van der Waals surface area (Å²) in [5, 5.41) is 9.02. The maximum Gasteiger partial charge on any atom is 0.217 e. The Morgan fingerprint density at radius 2 is 1.92 bits per heavy atom. The Kier molecular flexibility index (Phi) is 4.15. The maximum absolute atomic E-state index is 12.6. The monoisotopic (exact) mass is 417 g/mol. The van der Waals surface area contributed by atoms with E-state index in [4.69, 9.17) is 0 Å². The molecule has 0 aliphatic rings. The summed E-state index contributed by atoms with van der Waals surface area (Å²) in [6, 6.07) is 15.6. The van der Waals surface area contributed by atoms with Gasteiger partial charge in [-0.15, -0.1) is 10.2 Å². The molecular formula is C17H12BrN3OS2. The molecule has 24 heavy (non-hydrogen) atoms. The molecule has 2 heterocycles. The number of carbonyl (C=O) groups excluding carboxylic acids is 1. The summed E-state index contributed by atoms with van der Waals surface area (Å²) in [4.78, 5) is 13.5. The number of thioether (sulfide) groups is 1. The van der Waals surface area contributed by atoms with Gasteiger partial charge in [0.1, 0.15) is 0 Å². The van der Waals surface area contributed by atoms with Gasteiger partial charge >= 0.3 is 0 Å². The minimum atomic E-state index is -0.239. The van der Waals surface area contributed by atoms with E-state index in [9.17, 15) is 4.79 Å². The first-order chi connectivity index (χ1) is 11.6. The fourth-order valence-electron chi connectivity index (χ4n) is 2.49. The summed E-state index contributed by atoms with van der Waals surface area (Å²) in [5.41, 5.74) is 1.78. The fourth-order valence-corrected chi connectivity index (χ4v) is 4.72. The number of thiazole rings is 1. The van der Waals surface area contributed by atoms with Crippen molar-refractivity contribution in [3.05, 3.63) is 58.6 Å². The Morgan fingerprint density at radius 3 is 2.71 bits per heavy atom. The van der Waals surface area contributed by atoms with Gasteiger partial charge in [-0.1, -0.05) is 63.3 Å². The summed E-state index contributed by atoms with van der Waals surface area (Å²) in [6.07, 6.45) is 0. The van der Waals surface area contributed by atoms with Crippen molar-refractivity contribution in [2.24, 2.45) is 0 Å². The third-order valence-electron chi connectivity index (χ3n) is 3.69. The minimum Gasteiger partial charge on any atom is -0.293 e. The zero-order valence-electron chi connectivity index (χ0n) is 12.6. The van der Waals surface area contributed by atoms with Crippen molar-refractivity contribution in [2.75, 3.05) is 0 Å². The minimum absolute atomic E-state index is 0.0868. The second-order valence-electron chi connectivity index (χ2n) is 5.30. The average molecular weight is 418 g/mol. The van der Waals surface area contributed by atoms with Gasteiger partial charge in [0.25, 0.3) is 0 Å². The molecule has 2 aromatic carbocycles. The zero-order chi connectivity index (χ0) is 16.7. The van der Waals surface area contributed by atoms with Crippen LogP contribution in [0.5, 0.6) is 0 Å². The summed E-state index contributed by atoms with van der Waals surface area (Å²) in [6.45, 7) is 1.91. The van der Waals surface area contributed by atoms with E-state index in [0.29, 0.717) is 5.56 Å². The SMILES string of the molecule is CC(Sc1nnc2sc3ccccc3n12)C(=O)c1ccc(Br)cc1. The van der Waals surface area contributed by atoms with Crippen LogP contribution in [0.2, 0.25) is 0 Å². The number of Topliss-reactive ketones (excluding diaryl/α,β-unsaturated/α-hetero) is 1. The number of para-hydroxylation sites is 1. The Labute approximate surface area is 155 Å². The van der Waals surface area contributed by atoms with Crippen molar-refractivity contribution in [1.29, 1.82) is 0 Å². The predicted octanol–water partition coefficient (Wildman–Crippen LogP) is 5.07. The molecule has 0 radical (unpaired) electrons. The summed E-state index contributed by atoms with van der Waals surface area (Å²) in [5.74, 6) is 0.0868. The van der Waals surface area contributed by atoms with Gasteiger partial charge in [-0.3, -0.25) is 9.20 Å². The van der Waals surface area contributed by atoms with Crippen molar-refractivity contribution >= 4 is 60.0 Å². The van der Waals surface area contributed by atoms with E-state index in [0.717, 1.165) is 24.8 Å². The number of benzene rings is 2. The topological polar surface area (TPSA) is 47.3 Å². The number of nitrogens with zero attached hydrogens (tertiary/aromatic N) is 3.